The molecule has 0 saturated heterocycles. The predicted octanol–water partition coefficient (Wildman–Crippen LogP) is 4.67. The summed E-state index contributed by atoms with van der Waals surface area (Å²) in [5.74, 6) is -2.71. The second-order valence-electron chi connectivity index (χ2n) is 7.47. The fraction of sp³-hybridized carbons (Fsp3) is 0.381. The summed E-state index contributed by atoms with van der Waals surface area (Å²) in [7, 11) is 0.776. The van der Waals surface area contributed by atoms with Gasteiger partial charge in [-0.3, -0.25) is 4.79 Å². The van der Waals surface area contributed by atoms with Crippen LogP contribution >= 0.6 is 22.9 Å². The van der Waals surface area contributed by atoms with Crippen LogP contribution < -0.4 is 10.6 Å². The molecule has 1 aromatic carbocycles. The zero-order valence-electron chi connectivity index (χ0n) is 17.1. The van der Waals surface area contributed by atoms with E-state index < -0.39 is 23.7 Å². The quantitative estimate of drug-likeness (QED) is 0.474. The van der Waals surface area contributed by atoms with Crippen molar-refractivity contribution in [3.8, 4) is 6.07 Å². The number of hydrogen-bond acceptors (Lipinski definition) is 6. The number of carbonyl (C=O) groups is 2. The van der Waals surface area contributed by atoms with Gasteiger partial charge >= 0.3 is 17.8 Å². The number of fused-ring (bicyclic) bond motifs is 1. The van der Waals surface area contributed by atoms with Crippen molar-refractivity contribution in [2.24, 2.45) is 5.92 Å². The minimum absolute atomic E-state index is 0.0291. The molecule has 1 aliphatic rings. The predicted molar refractivity (Wildman–Crippen MR) is 114 cm³/mol. The highest BCUT2D eigenvalue weighted by molar-refractivity contribution is 7.16. The molecule has 32 heavy (non-hydrogen) atoms. The first-order valence-corrected chi connectivity index (χ1v) is 10.8. The maximum Gasteiger partial charge on any atom is 0.441 e. The lowest BCUT2D eigenvalue weighted by Crippen LogP contribution is -2.69. The number of nitriles is 1. The van der Waals surface area contributed by atoms with Gasteiger partial charge in [0, 0.05) is 4.88 Å². The number of halogens is 4. The molecule has 2 N–H and O–H groups in total. The van der Waals surface area contributed by atoms with E-state index in [1.807, 2.05) is 13.0 Å². The third kappa shape index (κ3) is 4.27. The van der Waals surface area contributed by atoms with Gasteiger partial charge < -0.3 is 15.4 Å². The van der Waals surface area contributed by atoms with E-state index in [2.05, 4.69) is 10.1 Å². The maximum atomic E-state index is 14.4. The lowest BCUT2D eigenvalue weighted by molar-refractivity contribution is -0.203. The third-order valence-electron chi connectivity index (χ3n) is 5.26. The molecule has 0 saturated carbocycles. The highest BCUT2D eigenvalue weighted by Crippen LogP contribution is 2.42. The molecule has 1 aromatic heterocycles. The van der Waals surface area contributed by atoms with Crippen LogP contribution in [0.4, 0.5) is 18.2 Å². The first kappa shape index (κ1) is 23.9. The van der Waals surface area contributed by atoms with Crippen LogP contribution in [-0.4, -0.2) is 30.8 Å². The SMILES string of the molecule is COC(=O)[C@](NC(=O)c1ccccc1Cl)(Nc1sc2c(c1C#N)CC[C@@H](C)C2)C(F)(F)F. The van der Waals surface area contributed by atoms with Gasteiger partial charge in [0.15, 0.2) is 0 Å². The Kier molecular flexibility index (Phi) is 6.72. The summed E-state index contributed by atoms with van der Waals surface area (Å²) in [6.07, 6.45) is -3.37. The molecule has 1 heterocycles. The van der Waals surface area contributed by atoms with Crippen molar-refractivity contribution in [3.05, 3.63) is 50.9 Å². The molecule has 170 valence electrons. The lowest BCUT2D eigenvalue weighted by atomic mass is 9.88. The maximum absolute atomic E-state index is 14.4. The van der Waals surface area contributed by atoms with E-state index >= 15 is 0 Å². The van der Waals surface area contributed by atoms with Gasteiger partial charge in [0.05, 0.1) is 23.3 Å². The van der Waals surface area contributed by atoms with Crippen LogP contribution in [0.25, 0.3) is 0 Å². The van der Waals surface area contributed by atoms with Gasteiger partial charge in [-0.05, 0) is 42.9 Å². The molecule has 6 nitrogen and oxygen atoms in total. The largest absolute Gasteiger partial charge is 0.466 e. The van der Waals surface area contributed by atoms with Crippen molar-refractivity contribution in [2.45, 2.75) is 38.0 Å². The Morgan fingerprint density at radius 1 is 1.31 bits per heavy atom. The second kappa shape index (κ2) is 9.00. The number of thiophene rings is 1. The molecule has 1 amide bonds. The van der Waals surface area contributed by atoms with Gasteiger partial charge in [-0.2, -0.15) is 18.4 Å². The van der Waals surface area contributed by atoms with Gasteiger partial charge in [-0.15, -0.1) is 11.3 Å². The monoisotopic (exact) mass is 485 g/mol. The van der Waals surface area contributed by atoms with E-state index in [0.29, 0.717) is 24.3 Å². The summed E-state index contributed by atoms with van der Waals surface area (Å²) in [6.45, 7) is 2.01. The van der Waals surface area contributed by atoms with E-state index in [1.54, 1.807) is 5.32 Å². The Bertz CT molecular complexity index is 1100. The Morgan fingerprint density at radius 3 is 2.59 bits per heavy atom. The normalized spacial score (nSPS) is 17.5. The van der Waals surface area contributed by atoms with Crippen LogP contribution in [0, 0.1) is 17.2 Å². The van der Waals surface area contributed by atoms with Gasteiger partial charge in [0.2, 0.25) is 0 Å². The molecule has 0 spiro atoms. The molecule has 0 aliphatic heterocycles. The number of nitrogens with zero attached hydrogens (tertiary/aromatic N) is 1. The van der Waals surface area contributed by atoms with Crippen LogP contribution in [0.5, 0.6) is 0 Å². The molecule has 0 fully saturated rings. The number of hydrogen-bond donors (Lipinski definition) is 2. The fourth-order valence-corrected chi connectivity index (χ4v) is 5.19. The summed E-state index contributed by atoms with van der Waals surface area (Å²) >= 11 is 6.91. The summed E-state index contributed by atoms with van der Waals surface area (Å²) in [6, 6.07) is 7.42. The molecule has 2 atom stereocenters. The molecule has 2 aromatic rings. The van der Waals surface area contributed by atoms with E-state index in [4.69, 9.17) is 11.6 Å². The molecule has 1 aliphatic carbocycles. The average molecular weight is 486 g/mol. The molecule has 3 rings (SSSR count). The number of esters is 1. The molecule has 0 bridgehead atoms. The number of rotatable bonds is 5. The number of nitrogens with one attached hydrogen (secondary N) is 2. The average Bonchev–Trinajstić information content (AvgIpc) is 3.07. The molecule has 0 unspecified atom stereocenters. The van der Waals surface area contributed by atoms with Crippen molar-refractivity contribution in [2.75, 3.05) is 12.4 Å². The minimum atomic E-state index is -5.32. The number of amides is 1. The zero-order valence-corrected chi connectivity index (χ0v) is 18.7. The second-order valence-corrected chi connectivity index (χ2v) is 8.98. The van der Waals surface area contributed by atoms with Crippen LogP contribution in [0.1, 0.15) is 39.7 Å². The topological polar surface area (TPSA) is 91.2 Å². The summed E-state index contributed by atoms with van der Waals surface area (Å²) in [5, 5.41) is 13.2. The van der Waals surface area contributed by atoms with E-state index in [1.165, 1.54) is 24.3 Å². The smallest absolute Gasteiger partial charge is 0.441 e. The number of ether oxygens (including phenoxy) is 1. The van der Waals surface area contributed by atoms with E-state index in [0.717, 1.165) is 29.7 Å². The van der Waals surface area contributed by atoms with Crippen LogP contribution in [-0.2, 0) is 22.4 Å². The molecular formula is C21H19ClF3N3O3S. The Labute approximate surface area is 191 Å². The van der Waals surface area contributed by atoms with Crippen molar-refractivity contribution < 1.29 is 27.5 Å². The zero-order chi connectivity index (χ0) is 23.7. The van der Waals surface area contributed by atoms with Gasteiger partial charge in [0.25, 0.3) is 5.91 Å². The van der Waals surface area contributed by atoms with E-state index in [9.17, 15) is 28.0 Å². The number of benzene rings is 1. The molecule has 11 heteroatoms. The lowest BCUT2D eigenvalue weighted by Gasteiger charge is -2.34. The van der Waals surface area contributed by atoms with Gasteiger partial charge in [-0.25, -0.2) is 4.79 Å². The van der Waals surface area contributed by atoms with E-state index in [-0.39, 0.29) is 21.2 Å². The van der Waals surface area contributed by atoms with Crippen LogP contribution in [0.15, 0.2) is 24.3 Å². The van der Waals surface area contributed by atoms with Crippen molar-refractivity contribution in [1.82, 2.24) is 5.32 Å². The highest BCUT2D eigenvalue weighted by Gasteiger charge is 2.64. The fourth-order valence-electron chi connectivity index (χ4n) is 3.55. The summed E-state index contributed by atoms with van der Waals surface area (Å²) in [5.41, 5.74) is -3.20. The number of anilines is 1. The summed E-state index contributed by atoms with van der Waals surface area (Å²) in [4.78, 5) is 26.0. The Morgan fingerprint density at radius 2 is 2.00 bits per heavy atom. The third-order valence-corrected chi connectivity index (χ3v) is 6.76. The van der Waals surface area contributed by atoms with Crippen molar-refractivity contribution in [1.29, 1.82) is 5.26 Å². The molecule has 0 radical (unpaired) electrons. The first-order chi connectivity index (χ1) is 15.0. The standard InChI is InChI=1S/C21H19ClF3N3O3S/c1-11-7-8-12-14(10-26)18(32-16(12)9-11)28-20(19(30)31-2,21(23,24)25)27-17(29)13-5-3-4-6-15(13)22/h3-6,11,28H,7-9H2,1-2H3,(H,27,29)/t11-,20+/m1/s1. The Balaban J connectivity index is 2.10. The van der Waals surface area contributed by atoms with Crippen LogP contribution in [0.2, 0.25) is 5.02 Å². The molecular weight excluding hydrogens is 467 g/mol. The highest BCUT2D eigenvalue weighted by atomic mass is 35.5. The first-order valence-electron chi connectivity index (χ1n) is 9.59. The van der Waals surface area contributed by atoms with Gasteiger partial charge in [0.1, 0.15) is 11.1 Å². The minimum Gasteiger partial charge on any atom is -0.466 e. The Hall–Kier alpha value is -2.77. The van der Waals surface area contributed by atoms with Crippen molar-refractivity contribution in [3.63, 3.8) is 0 Å². The number of carbonyl (C=O) groups excluding carboxylic acids is 2. The summed E-state index contributed by atoms with van der Waals surface area (Å²) < 4.78 is 47.5. The van der Waals surface area contributed by atoms with Crippen LogP contribution in [0.3, 0.4) is 0 Å². The van der Waals surface area contributed by atoms with Gasteiger partial charge in [-0.1, -0.05) is 30.7 Å². The van der Waals surface area contributed by atoms with Crippen molar-refractivity contribution >= 4 is 39.8 Å². The number of methoxy groups -OCH3 is 1. The number of alkyl halides is 3.